The smallest absolute Gasteiger partial charge is 0.214 e. The number of aryl methyl sites for hydroxylation is 2. The van der Waals surface area contributed by atoms with Crippen molar-refractivity contribution in [3.05, 3.63) is 30.1 Å². The third-order valence-corrected chi connectivity index (χ3v) is 5.88. The minimum absolute atomic E-state index is 0.263. The Kier molecular flexibility index (Phi) is 3.51. The van der Waals surface area contributed by atoms with Gasteiger partial charge in [-0.1, -0.05) is 11.3 Å². The lowest BCUT2D eigenvalue weighted by molar-refractivity contribution is 0.154. The van der Waals surface area contributed by atoms with Crippen LogP contribution in [0.25, 0.3) is 26.4 Å². The van der Waals surface area contributed by atoms with Crippen LogP contribution in [0, 0.1) is 6.92 Å². The molecule has 4 heterocycles. The molecule has 1 fully saturated rings. The number of aliphatic hydroxyl groups is 1. The first-order valence-electron chi connectivity index (χ1n) is 8.80. The molecule has 134 valence electrons. The van der Waals surface area contributed by atoms with Crippen LogP contribution in [0.2, 0.25) is 0 Å². The van der Waals surface area contributed by atoms with Crippen LogP contribution in [0.3, 0.4) is 0 Å². The molecule has 3 aromatic heterocycles. The summed E-state index contributed by atoms with van der Waals surface area (Å²) in [7, 11) is 1.94. The van der Waals surface area contributed by atoms with Crippen molar-refractivity contribution in [2.24, 2.45) is 7.05 Å². The predicted octanol–water partition coefficient (Wildman–Crippen LogP) is 2.61. The van der Waals surface area contributed by atoms with Gasteiger partial charge in [0.2, 0.25) is 4.96 Å². The molecule has 8 heteroatoms. The number of β-amino-alcohol motifs (C(OH)–C–C–N with tert-alkyl or cyclic N) is 1. The van der Waals surface area contributed by atoms with Gasteiger partial charge >= 0.3 is 0 Å². The molecule has 1 saturated heterocycles. The number of anilines is 1. The Labute approximate surface area is 154 Å². The molecule has 1 aliphatic heterocycles. The van der Waals surface area contributed by atoms with Crippen LogP contribution in [0.5, 0.6) is 0 Å². The summed E-state index contributed by atoms with van der Waals surface area (Å²) in [5.41, 5.74) is 3.27. The average molecular weight is 368 g/mol. The van der Waals surface area contributed by atoms with Gasteiger partial charge in [0.25, 0.3) is 0 Å². The molecule has 0 aliphatic carbocycles. The zero-order chi connectivity index (χ0) is 17.8. The van der Waals surface area contributed by atoms with Crippen LogP contribution in [-0.4, -0.2) is 48.7 Å². The molecule has 0 spiro atoms. The van der Waals surface area contributed by atoms with Crippen molar-refractivity contribution in [1.29, 1.82) is 0 Å². The summed E-state index contributed by atoms with van der Waals surface area (Å²) in [6.45, 7) is 3.66. The monoisotopic (exact) mass is 368 g/mol. The van der Waals surface area contributed by atoms with Crippen LogP contribution < -0.4 is 4.90 Å². The highest BCUT2D eigenvalue weighted by Crippen LogP contribution is 2.31. The van der Waals surface area contributed by atoms with Gasteiger partial charge in [-0.2, -0.15) is 10.2 Å². The van der Waals surface area contributed by atoms with Crippen molar-refractivity contribution >= 4 is 33.0 Å². The summed E-state index contributed by atoms with van der Waals surface area (Å²) in [4.78, 5) is 7.74. The summed E-state index contributed by atoms with van der Waals surface area (Å²) in [6, 6.07) is 4.27. The molecule has 0 saturated carbocycles. The minimum Gasteiger partial charge on any atom is -0.391 e. The number of piperidine rings is 1. The number of imidazole rings is 1. The fraction of sp³-hybridized carbons (Fsp3) is 0.389. The van der Waals surface area contributed by atoms with Crippen LogP contribution in [0.1, 0.15) is 18.4 Å². The van der Waals surface area contributed by atoms with E-state index in [1.54, 1.807) is 11.3 Å². The summed E-state index contributed by atoms with van der Waals surface area (Å²) in [6.07, 6.45) is 5.60. The maximum atomic E-state index is 9.88. The van der Waals surface area contributed by atoms with Gasteiger partial charge < -0.3 is 10.0 Å². The third kappa shape index (κ3) is 2.57. The Morgan fingerprint density at radius 3 is 2.92 bits per heavy atom. The van der Waals surface area contributed by atoms with Crippen molar-refractivity contribution in [3.63, 3.8) is 0 Å². The van der Waals surface area contributed by atoms with Crippen LogP contribution in [0.4, 0.5) is 5.82 Å². The Morgan fingerprint density at radius 2 is 2.12 bits per heavy atom. The number of benzene rings is 1. The fourth-order valence-corrected chi connectivity index (χ4v) is 4.54. The zero-order valence-corrected chi connectivity index (χ0v) is 15.6. The first-order chi connectivity index (χ1) is 12.6. The minimum atomic E-state index is -0.263. The lowest BCUT2D eigenvalue weighted by Crippen LogP contribution is -2.38. The highest BCUT2D eigenvalue weighted by molar-refractivity contribution is 7.19. The molecule has 26 heavy (non-hydrogen) atoms. The first-order valence-corrected chi connectivity index (χ1v) is 9.62. The van der Waals surface area contributed by atoms with Crippen molar-refractivity contribution in [2.75, 3.05) is 18.0 Å². The molecule has 1 N–H and O–H groups in total. The van der Waals surface area contributed by atoms with Gasteiger partial charge in [0.1, 0.15) is 5.01 Å². The number of hydrogen-bond donors (Lipinski definition) is 1. The second kappa shape index (κ2) is 5.78. The number of fused-ring (bicyclic) bond motifs is 2. The molecule has 0 bridgehead atoms. The normalized spacial score (nSPS) is 18.3. The largest absolute Gasteiger partial charge is 0.391 e. The highest BCUT2D eigenvalue weighted by Gasteiger charge is 2.21. The highest BCUT2D eigenvalue weighted by atomic mass is 32.1. The van der Waals surface area contributed by atoms with Gasteiger partial charge in [-0.15, -0.1) is 0 Å². The van der Waals surface area contributed by atoms with Gasteiger partial charge in [0, 0.05) is 37.3 Å². The summed E-state index contributed by atoms with van der Waals surface area (Å²) in [5, 5.41) is 21.2. The molecular formula is C18H20N6OS. The summed E-state index contributed by atoms with van der Waals surface area (Å²) < 4.78 is 3.69. The van der Waals surface area contributed by atoms with Crippen LogP contribution in [-0.2, 0) is 7.05 Å². The van der Waals surface area contributed by atoms with Gasteiger partial charge in [-0.25, -0.2) is 9.50 Å². The molecule has 0 radical (unpaired) electrons. The Bertz CT molecular complexity index is 1080. The van der Waals surface area contributed by atoms with Crippen molar-refractivity contribution in [3.8, 4) is 10.6 Å². The standard InChI is InChI=1S/C18H20N6OS/c1-11-6-12(7-13-8-22(2)20-16(11)13)17-21-24-10-15(19-18(24)26-17)23-5-3-4-14(25)9-23/h6-8,10,14,25H,3-5,9H2,1-2H3. The number of aromatic nitrogens is 5. The third-order valence-electron chi connectivity index (χ3n) is 4.91. The van der Waals surface area contributed by atoms with E-state index in [0.717, 1.165) is 57.2 Å². The van der Waals surface area contributed by atoms with E-state index >= 15 is 0 Å². The van der Waals surface area contributed by atoms with Gasteiger partial charge in [-0.05, 0) is 37.5 Å². The van der Waals surface area contributed by atoms with Crippen molar-refractivity contribution < 1.29 is 5.11 Å². The SMILES string of the molecule is Cc1cc(-c2nn3cc(N4CCCC(O)C4)nc3s2)cc2cn(C)nc12. The number of hydrogen-bond acceptors (Lipinski definition) is 6. The number of nitrogens with zero attached hydrogens (tertiary/aromatic N) is 6. The molecule has 7 nitrogen and oxygen atoms in total. The molecule has 1 atom stereocenters. The van der Waals surface area contributed by atoms with E-state index < -0.39 is 0 Å². The van der Waals surface area contributed by atoms with Crippen LogP contribution >= 0.6 is 11.3 Å². The maximum Gasteiger partial charge on any atom is 0.214 e. The fourth-order valence-electron chi connectivity index (χ4n) is 3.67. The Balaban J connectivity index is 1.51. The zero-order valence-electron chi connectivity index (χ0n) is 14.8. The molecular weight excluding hydrogens is 348 g/mol. The van der Waals surface area contributed by atoms with Gasteiger partial charge in [0.05, 0.1) is 17.8 Å². The number of rotatable bonds is 2. The summed E-state index contributed by atoms with van der Waals surface area (Å²) >= 11 is 1.58. The van der Waals surface area contributed by atoms with Crippen LogP contribution in [0.15, 0.2) is 24.5 Å². The second-order valence-electron chi connectivity index (χ2n) is 7.01. The van der Waals surface area contributed by atoms with E-state index in [1.807, 2.05) is 28.6 Å². The van der Waals surface area contributed by atoms with Crippen molar-refractivity contribution in [2.45, 2.75) is 25.9 Å². The second-order valence-corrected chi connectivity index (χ2v) is 7.97. The van der Waals surface area contributed by atoms with E-state index in [-0.39, 0.29) is 6.10 Å². The molecule has 1 unspecified atom stereocenters. The predicted molar refractivity (Wildman–Crippen MR) is 103 cm³/mol. The van der Waals surface area contributed by atoms with Gasteiger partial charge in [-0.3, -0.25) is 4.68 Å². The summed E-state index contributed by atoms with van der Waals surface area (Å²) in [5.74, 6) is 0.896. The van der Waals surface area contributed by atoms with E-state index in [9.17, 15) is 5.11 Å². The quantitative estimate of drug-likeness (QED) is 0.589. The molecule has 5 rings (SSSR count). The Morgan fingerprint density at radius 1 is 1.23 bits per heavy atom. The lowest BCUT2D eigenvalue weighted by Gasteiger charge is -2.29. The van der Waals surface area contributed by atoms with E-state index in [1.165, 1.54) is 0 Å². The topological polar surface area (TPSA) is 71.5 Å². The van der Waals surface area contributed by atoms with Gasteiger partial charge in [0.15, 0.2) is 5.82 Å². The number of aliphatic hydroxyl groups excluding tert-OH is 1. The molecule has 1 aliphatic rings. The van der Waals surface area contributed by atoms with E-state index in [4.69, 9.17) is 10.1 Å². The van der Waals surface area contributed by atoms with Crippen molar-refractivity contribution in [1.82, 2.24) is 24.4 Å². The Hall–Kier alpha value is -2.45. The molecule has 0 amide bonds. The van der Waals surface area contributed by atoms with E-state index in [2.05, 4.69) is 29.1 Å². The lowest BCUT2D eigenvalue weighted by atomic mass is 10.1. The van der Waals surface area contributed by atoms with E-state index in [0.29, 0.717) is 6.54 Å². The first kappa shape index (κ1) is 15.8. The molecule has 4 aromatic rings. The average Bonchev–Trinajstić information content (AvgIpc) is 3.26. The molecule has 1 aromatic carbocycles. The maximum absolute atomic E-state index is 9.88.